The first kappa shape index (κ1) is 25.5. The van der Waals surface area contributed by atoms with Crippen molar-refractivity contribution < 1.29 is 47.6 Å². The van der Waals surface area contributed by atoms with Crippen LogP contribution < -0.4 is 0 Å². The van der Waals surface area contributed by atoms with Gasteiger partial charge in [0.25, 0.3) is 5.92 Å². The van der Waals surface area contributed by atoms with Gasteiger partial charge >= 0.3 is 24.1 Å². The fourth-order valence-corrected chi connectivity index (χ4v) is 1.98. The zero-order chi connectivity index (χ0) is 22.5. The topological polar surface area (TPSA) is 130 Å². The third-order valence-electron chi connectivity index (χ3n) is 3.04. The summed E-state index contributed by atoms with van der Waals surface area (Å²) in [4.78, 5) is 46.5. The maximum Gasteiger partial charge on any atom is 0.419 e. The molecule has 0 saturated carbocycles. The number of imide groups is 1. The Balaban J connectivity index is 5.29. The zero-order valence-electron chi connectivity index (χ0n) is 16.7. The van der Waals surface area contributed by atoms with E-state index in [1.54, 1.807) is 0 Å². The molecule has 0 aliphatic rings. The Labute approximate surface area is 161 Å². The Hall–Kier alpha value is -2.46. The highest BCUT2D eigenvalue weighted by atomic mass is 19.3. The van der Waals surface area contributed by atoms with Crippen LogP contribution in [0.25, 0.3) is 0 Å². The van der Waals surface area contributed by atoms with Gasteiger partial charge in [0, 0.05) is 13.0 Å². The van der Waals surface area contributed by atoms with Gasteiger partial charge in [0.15, 0.2) is 0 Å². The van der Waals surface area contributed by atoms with Crippen LogP contribution in [0.4, 0.5) is 18.4 Å². The first-order valence-electron chi connectivity index (χ1n) is 8.44. The van der Waals surface area contributed by atoms with Crippen LogP contribution in [0.2, 0.25) is 0 Å². The van der Waals surface area contributed by atoms with Crippen molar-refractivity contribution in [2.24, 2.45) is 5.92 Å². The molecule has 9 nitrogen and oxygen atoms in total. The van der Waals surface area contributed by atoms with Crippen LogP contribution in [0.1, 0.15) is 54.4 Å². The first-order valence-corrected chi connectivity index (χ1v) is 8.44. The molecule has 2 amide bonds. The molecule has 2 N–H and O–H groups in total. The lowest BCUT2D eigenvalue weighted by molar-refractivity contribution is -0.173. The molecule has 0 spiro atoms. The molecule has 0 fully saturated rings. The molecule has 0 unspecified atom stereocenters. The molecule has 0 aromatic carbocycles. The van der Waals surface area contributed by atoms with Gasteiger partial charge in [0.1, 0.15) is 11.2 Å². The number of rotatable bonds is 7. The number of aliphatic carboxylic acids is 2. The Morgan fingerprint density at radius 1 is 0.857 bits per heavy atom. The second-order valence-corrected chi connectivity index (χ2v) is 8.09. The van der Waals surface area contributed by atoms with Crippen molar-refractivity contribution in [1.82, 2.24) is 4.90 Å². The third kappa shape index (κ3) is 8.96. The zero-order valence-corrected chi connectivity index (χ0v) is 16.7. The molecule has 28 heavy (non-hydrogen) atoms. The largest absolute Gasteiger partial charge is 0.480 e. The van der Waals surface area contributed by atoms with E-state index in [1.165, 1.54) is 41.5 Å². The molecular weight excluding hydrogens is 384 g/mol. The summed E-state index contributed by atoms with van der Waals surface area (Å²) in [6, 6.07) is 0. The van der Waals surface area contributed by atoms with E-state index >= 15 is 0 Å². The van der Waals surface area contributed by atoms with Gasteiger partial charge in [-0.05, 0) is 48.0 Å². The van der Waals surface area contributed by atoms with E-state index < -0.39 is 66.6 Å². The first-order chi connectivity index (χ1) is 12.4. The van der Waals surface area contributed by atoms with Crippen molar-refractivity contribution in [2.75, 3.05) is 6.54 Å². The Morgan fingerprint density at radius 3 is 1.50 bits per heavy atom. The fourth-order valence-electron chi connectivity index (χ4n) is 1.98. The van der Waals surface area contributed by atoms with E-state index in [-0.39, 0.29) is 0 Å². The molecule has 0 radical (unpaired) electrons. The number of ether oxygens (including phenoxy) is 2. The molecule has 0 rings (SSSR count). The SMILES string of the molecule is CC(C)(C)OC(=O)N(CCCC(F)(F)C(C(=O)O)C(=O)O)C(=O)OC(C)(C)C. The smallest absolute Gasteiger partial charge is 0.419 e. The molecule has 0 bridgehead atoms. The number of halogens is 2. The Morgan fingerprint density at radius 2 is 1.21 bits per heavy atom. The average Bonchev–Trinajstić information content (AvgIpc) is 2.37. The van der Waals surface area contributed by atoms with E-state index in [4.69, 9.17) is 19.7 Å². The molecule has 0 aromatic heterocycles. The summed E-state index contributed by atoms with van der Waals surface area (Å²) in [6.07, 6.45) is -4.00. The number of carbonyl (C=O) groups excluding carboxylic acids is 2. The van der Waals surface area contributed by atoms with Crippen molar-refractivity contribution in [3.05, 3.63) is 0 Å². The molecule has 162 valence electrons. The summed E-state index contributed by atoms with van der Waals surface area (Å²) in [5.74, 6) is -11.4. The Kier molecular flexibility index (Phi) is 8.35. The number of alkyl halides is 2. The molecule has 0 aromatic rings. The van der Waals surface area contributed by atoms with Crippen LogP contribution in [0.5, 0.6) is 0 Å². The van der Waals surface area contributed by atoms with Gasteiger partial charge in [-0.25, -0.2) is 23.3 Å². The highest BCUT2D eigenvalue weighted by Crippen LogP contribution is 2.31. The lowest BCUT2D eigenvalue weighted by Gasteiger charge is -2.29. The van der Waals surface area contributed by atoms with Crippen LogP contribution in [0.3, 0.4) is 0 Å². The van der Waals surface area contributed by atoms with Gasteiger partial charge in [-0.2, -0.15) is 0 Å². The van der Waals surface area contributed by atoms with Gasteiger partial charge in [-0.15, -0.1) is 0 Å². The number of carboxylic acids is 2. The van der Waals surface area contributed by atoms with Gasteiger partial charge in [0.05, 0.1) is 0 Å². The number of nitrogens with zero attached hydrogens (tertiary/aromatic N) is 1. The van der Waals surface area contributed by atoms with Crippen LogP contribution >= 0.6 is 0 Å². The monoisotopic (exact) mass is 411 g/mol. The maximum atomic E-state index is 14.0. The normalized spacial score (nSPS) is 12.5. The van der Waals surface area contributed by atoms with Crippen LogP contribution in [-0.4, -0.2) is 62.9 Å². The summed E-state index contributed by atoms with van der Waals surface area (Å²) >= 11 is 0. The molecular formula is C17H27F2NO8. The summed E-state index contributed by atoms with van der Waals surface area (Å²) in [7, 11) is 0. The van der Waals surface area contributed by atoms with E-state index in [0.29, 0.717) is 4.90 Å². The minimum atomic E-state index is -4.09. The molecule has 0 aliphatic carbocycles. The van der Waals surface area contributed by atoms with Crippen molar-refractivity contribution >= 4 is 24.1 Å². The van der Waals surface area contributed by atoms with Crippen molar-refractivity contribution in [2.45, 2.75) is 71.5 Å². The molecule has 0 heterocycles. The summed E-state index contributed by atoms with van der Waals surface area (Å²) in [5, 5.41) is 17.4. The van der Waals surface area contributed by atoms with E-state index in [1.807, 2.05) is 0 Å². The molecule has 11 heteroatoms. The minimum absolute atomic E-state index is 0.475. The summed E-state index contributed by atoms with van der Waals surface area (Å²) in [5.41, 5.74) is -1.95. The minimum Gasteiger partial charge on any atom is -0.480 e. The van der Waals surface area contributed by atoms with E-state index in [2.05, 4.69) is 0 Å². The number of amides is 2. The van der Waals surface area contributed by atoms with Crippen LogP contribution in [-0.2, 0) is 19.1 Å². The Bertz CT molecular complexity index is 565. The second-order valence-electron chi connectivity index (χ2n) is 8.09. The quantitative estimate of drug-likeness (QED) is 0.610. The number of hydrogen-bond donors (Lipinski definition) is 2. The number of carboxylic acid groups (broad SMARTS) is 2. The standard InChI is InChI=1S/C17H27F2NO8/c1-15(2,3)27-13(25)20(14(26)28-16(4,5)6)9-7-8-17(18,19)10(11(21)22)12(23)24/h10H,7-9H2,1-6H3,(H,21,22)(H,23,24). The lowest BCUT2D eigenvalue weighted by atomic mass is 9.97. The van der Waals surface area contributed by atoms with Crippen LogP contribution in [0.15, 0.2) is 0 Å². The summed E-state index contributed by atoms with van der Waals surface area (Å²) in [6.45, 7) is 8.65. The van der Waals surface area contributed by atoms with E-state index in [0.717, 1.165) is 0 Å². The van der Waals surface area contributed by atoms with Gasteiger partial charge < -0.3 is 19.7 Å². The molecule has 0 atom stereocenters. The van der Waals surface area contributed by atoms with E-state index in [9.17, 15) is 28.0 Å². The third-order valence-corrected chi connectivity index (χ3v) is 3.04. The van der Waals surface area contributed by atoms with Crippen molar-refractivity contribution in [3.63, 3.8) is 0 Å². The maximum absolute atomic E-state index is 14.0. The molecule has 0 saturated heterocycles. The van der Waals surface area contributed by atoms with Crippen molar-refractivity contribution in [3.8, 4) is 0 Å². The van der Waals surface area contributed by atoms with Crippen molar-refractivity contribution in [1.29, 1.82) is 0 Å². The van der Waals surface area contributed by atoms with Gasteiger partial charge in [0.2, 0.25) is 5.92 Å². The summed E-state index contributed by atoms with van der Waals surface area (Å²) < 4.78 is 38.0. The predicted molar refractivity (Wildman–Crippen MR) is 92.1 cm³/mol. The average molecular weight is 411 g/mol. The number of carbonyl (C=O) groups is 4. The van der Waals surface area contributed by atoms with Gasteiger partial charge in [-0.3, -0.25) is 9.59 Å². The van der Waals surface area contributed by atoms with Gasteiger partial charge in [-0.1, -0.05) is 0 Å². The highest BCUT2D eigenvalue weighted by Gasteiger charge is 2.49. The highest BCUT2D eigenvalue weighted by molar-refractivity contribution is 5.94. The predicted octanol–water partition coefficient (Wildman–Crippen LogP) is 3.36. The lowest BCUT2D eigenvalue weighted by Crippen LogP contribution is -2.45. The second kappa shape index (κ2) is 9.16. The molecule has 0 aliphatic heterocycles. The number of hydrogen-bond acceptors (Lipinski definition) is 6. The fraction of sp³-hybridized carbons (Fsp3) is 0.765. The van der Waals surface area contributed by atoms with Crippen LogP contribution in [0, 0.1) is 5.92 Å².